The average Bonchev–Trinajstić information content (AvgIpc) is 3.07. The number of aromatic nitrogens is 3. The molecule has 100 valence electrons. The molecule has 3 heterocycles. The molecule has 0 bridgehead atoms. The van der Waals surface area contributed by atoms with Gasteiger partial charge >= 0.3 is 5.97 Å². The third-order valence-corrected chi connectivity index (χ3v) is 4.25. The van der Waals surface area contributed by atoms with Crippen LogP contribution in [0, 0.1) is 6.92 Å². The predicted octanol–water partition coefficient (Wildman–Crippen LogP) is 3.34. The Bertz CT molecular complexity index is 779. The maximum absolute atomic E-state index is 11.0. The van der Waals surface area contributed by atoms with E-state index in [1.807, 2.05) is 17.7 Å². The van der Waals surface area contributed by atoms with Crippen molar-refractivity contribution in [2.24, 2.45) is 0 Å². The van der Waals surface area contributed by atoms with Gasteiger partial charge in [-0.2, -0.15) is 0 Å². The van der Waals surface area contributed by atoms with E-state index in [0.29, 0.717) is 10.7 Å². The summed E-state index contributed by atoms with van der Waals surface area (Å²) in [5.74, 6) is -0.972. The number of aryl methyl sites for hydroxylation is 1. The van der Waals surface area contributed by atoms with Crippen molar-refractivity contribution in [3.05, 3.63) is 39.7 Å². The molecule has 0 atom stereocenters. The summed E-state index contributed by atoms with van der Waals surface area (Å²) in [5, 5.41) is 14.5. The molecule has 0 aliphatic heterocycles. The van der Waals surface area contributed by atoms with Gasteiger partial charge in [0.05, 0.1) is 16.3 Å². The lowest BCUT2D eigenvalue weighted by molar-refractivity contribution is 0.0697. The number of thiazole rings is 2. The Labute approximate surface area is 122 Å². The second-order valence-electron chi connectivity index (χ2n) is 4.02. The van der Waals surface area contributed by atoms with E-state index in [1.165, 1.54) is 29.7 Å². The van der Waals surface area contributed by atoms with Gasteiger partial charge in [0.1, 0.15) is 16.4 Å². The second kappa shape index (κ2) is 5.10. The fourth-order valence-corrected chi connectivity index (χ4v) is 3.06. The Balaban J connectivity index is 1.98. The molecule has 3 aromatic rings. The first-order valence-corrected chi connectivity index (χ1v) is 7.47. The summed E-state index contributed by atoms with van der Waals surface area (Å²) < 4.78 is 0. The fraction of sp³-hybridized carbons (Fsp3) is 0.0769. The molecule has 5 nitrogen and oxygen atoms in total. The summed E-state index contributed by atoms with van der Waals surface area (Å²) in [7, 11) is 0. The van der Waals surface area contributed by atoms with Gasteiger partial charge in [0, 0.05) is 17.0 Å². The minimum Gasteiger partial charge on any atom is -0.478 e. The van der Waals surface area contributed by atoms with Crippen LogP contribution >= 0.6 is 22.7 Å². The molecule has 0 saturated carbocycles. The van der Waals surface area contributed by atoms with Crippen LogP contribution in [0.1, 0.15) is 15.4 Å². The zero-order valence-corrected chi connectivity index (χ0v) is 12.0. The summed E-state index contributed by atoms with van der Waals surface area (Å²) in [6, 6.07) is 2.99. The summed E-state index contributed by atoms with van der Waals surface area (Å²) >= 11 is 3.00. The number of hydrogen-bond acceptors (Lipinski definition) is 6. The van der Waals surface area contributed by atoms with Crippen LogP contribution < -0.4 is 0 Å². The van der Waals surface area contributed by atoms with Crippen molar-refractivity contribution in [3.63, 3.8) is 0 Å². The first-order chi connectivity index (χ1) is 9.63. The Morgan fingerprint density at radius 1 is 1.15 bits per heavy atom. The van der Waals surface area contributed by atoms with E-state index in [1.54, 1.807) is 11.3 Å². The number of aromatic carboxylic acids is 1. The number of pyridine rings is 1. The van der Waals surface area contributed by atoms with Crippen molar-refractivity contribution < 1.29 is 9.90 Å². The van der Waals surface area contributed by atoms with E-state index in [2.05, 4.69) is 15.0 Å². The van der Waals surface area contributed by atoms with Crippen LogP contribution in [0.15, 0.2) is 29.1 Å². The summed E-state index contributed by atoms with van der Waals surface area (Å²) in [6.07, 6.45) is 1.48. The lowest BCUT2D eigenvalue weighted by Crippen LogP contribution is -1.97. The largest absolute Gasteiger partial charge is 0.478 e. The van der Waals surface area contributed by atoms with E-state index < -0.39 is 5.97 Å². The summed E-state index contributed by atoms with van der Waals surface area (Å²) in [4.78, 5) is 24.0. The molecular weight excluding hydrogens is 294 g/mol. The van der Waals surface area contributed by atoms with Crippen molar-refractivity contribution in [2.45, 2.75) is 6.92 Å². The van der Waals surface area contributed by atoms with Gasteiger partial charge in [0.2, 0.25) is 0 Å². The van der Waals surface area contributed by atoms with Crippen molar-refractivity contribution in [1.29, 1.82) is 0 Å². The Morgan fingerprint density at radius 3 is 2.60 bits per heavy atom. The summed E-state index contributed by atoms with van der Waals surface area (Å²) in [6.45, 7) is 1.94. The number of rotatable bonds is 3. The van der Waals surface area contributed by atoms with Crippen molar-refractivity contribution in [2.75, 3.05) is 0 Å². The highest BCUT2D eigenvalue weighted by atomic mass is 32.1. The second-order valence-corrected chi connectivity index (χ2v) is 5.94. The van der Waals surface area contributed by atoms with E-state index in [0.717, 1.165) is 16.4 Å². The molecule has 0 saturated heterocycles. The summed E-state index contributed by atoms with van der Waals surface area (Å²) in [5.41, 5.74) is 2.39. The van der Waals surface area contributed by atoms with Crippen molar-refractivity contribution in [3.8, 4) is 22.1 Å². The van der Waals surface area contributed by atoms with Gasteiger partial charge in [-0.05, 0) is 19.1 Å². The van der Waals surface area contributed by atoms with Crippen LogP contribution in [0.2, 0.25) is 0 Å². The molecule has 3 rings (SSSR count). The highest BCUT2D eigenvalue weighted by Crippen LogP contribution is 2.28. The lowest BCUT2D eigenvalue weighted by atomic mass is 10.2. The maximum atomic E-state index is 11.0. The van der Waals surface area contributed by atoms with Crippen LogP contribution in [-0.4, -0.2) is 26.0 Å². The van der Waals surface area contributed by atoms with Gasteiger partial charge in [-0.15, -0.1) is 22.7 Å². The van der Waals surface area contributed by atoms with Crippen LogP contribution in [0.25, 0.3) is 22.1 Å². The van der Waals surface area contributed by atoms with E-state index in [9.17, 15) is 4.79 Å². The Morgan fingerprint density at radius 2 is 1.90 bits per heavy atom. The van der Waals surface area contributed by atoms with Gasteiger partial charge < -0.3 is 5.11 Å². The monoisotopic (exact) mass is 303 g/mol. The van der Waals surface area contributed by atoms with Gasteiger partial charge in [0.15, 0.2) is 0 Å². The molecule has 0 spiro atoms. The molecular formula is C13H9N3O2S2. The highest BCUT2D eigenvalue weighted by molar-refractivity contribution is 7.13. The van der Waals surface area contributed by atoms with Crippen molar-refractivity contribution >= 4 is 28.6 Å². The molecule has 0 unspecified atom stereocenters. The molecule has 7 heteroatoms. The van der Waals surface area contributed by atoms with Crippen LogP contribution in [0.5, 0.6) is 0 Å². The normalized spacial score (nSPS) is 10.7. The van der Waals surface area contributed by atoms with Crippen LogP contribution in [-0.2, 0) is 0 Å². The SMILES string of the molecule is Cc1nc(-c2csc(-c3cc(C(=O)O)ccn3)n2)cs1. The lowest BCUT2D eigenvalue weighted by Gasteiger charge is -1.97. The number of carboxylic acid groups (broad SMARTS) is 1. The molecule has 0 amide bonds. The zero-order chi connectivity index (χ0) is 14.1. The topological polar surface area (TPSA) is 76.0 Å². The number of carbonyl (C=O) groups is 1. The van der Waals surface area contributed by atoms with Gasteiger partial charge in [-0.25, -0.2) is 14.8 Å². The molecule has 0 aliphatic rings. The van der Waals surface area contributed by atoms with E-state index in [-0.39, 0.29) is 5.56 Å². The van der Waals surface area contributed by atoms with E-state index in [4.69, 9.17) is 5.11 Å². The Hall–Kier alpha value is -2.12. The number of carboxylic acids is 1. The number of nitrogens with zero attached hydrogens (tertiary/aromatic N) is 3. The molecule has 0 aliphatic carbocycles. The maximum Gasteiger partial charge on any atom is 0.335 e. The zero-order valence-electron chi connectivity index (χ0n) is 10.4. The quantitative estimate of drug-likeness (QED) is 0.803. The first kappa shape index (κ1) is 12.9. The highest BCUT2D eigenvalue weighted by Gasteiger charge is 2.12. The molecule has 0 aromatic carbocycles. The predicted molar refractivity (Wildman–Crippen MR) is 78.1 cm³/mol. The third kappa shape index (κ3) is 2.45. The molecule has 1 N–H and O–H groups in total. The smallest absolute Gasteiger partial charge is 0.335 e. The fourth-order valence-electron chi connectivity index (χ4n) is 1.67. The van der Waals surface area contributed by atoms with Gasteiger partial charge in [0.25, 0.3) is 0 Å². The average molecular weight is 303 g/mol. The molecule has 0 radical (unpaired) electrons. The van der Waals surface area contributed by atoms with Crippen LogP contribution in [0.3, 0.4) is 0 Å². The van der Waals surface area contributed by atoms with Crippen molar-refractivity contribution in [1.82, 2.24) is 15.0 Å². The minimum atomic E-state index is -0.972. The van der Waals surface area contributed by atoms with E-state index >= 15 is 0 Å². The molecule has 0 fully saturated rings. The molecule has 3 aromatic heterocycles. The molecule has 20 heavy (non-hydrogen) atoms. The van der Waals surface area contributed by atoms with Gasteiger partial charge in [-0.1, -0.05) is 0 Å². The minimum absolute atomic E-state index is 0.205. The van der Waals surface area contributed by atoms with Crippen LogP contribution in [0.4, 0.5) is 0 Å². The van der Waals surface area contributed by atoms with Gasteiger partial charge in [-0.3, -0.25) is 4.98 Å². The third-order valence-electron chi connectivity index (χ3n) is 2.61. The number of hydrogen-bond donors (Lipinski definition) is 1. The first-order valence-electron chi connectivity index (χ1n) is 5.71. The Kier molecular flexibility index (Phi) is 3.29. The standard InChI is InChI=1S/C13H9N3O2S2/c1-7-15-10(5-19-7)11-6-20-12(16-11)9-4-8(13(17)18)2-3-14-9/h2-6H,1H3,(H,17,18).